The summed E-state index contributed by atoms with van der Waals surface area (Å²) in [7, 11) is 0. The van der Waals surface area contributed by atoms with Crippen LogP contribution >= 0.6 is 15.9 Å². The highest BCUT2D eigenvalue weighted by Gasteiger charge is 2.06. The van der Waals surface area contributed by atoms with Crippen molar-refractivity contribution in [3.05, 3.63) is 34.6 Å². The number of anilines is 1. The SMILES string of the molecule is CC(C)Nc1cc(-c2ccc(F)c(Br)c2)[nH]n1. The average Bonchev–Trinajstić information content (AvgIpc) is 2.69. The van der Waals surface area contributed by atoms with Gasteiger partial charge in [-0.25, -0.2) is 4.39 Å². The Morgan fingerprint density at radius 1 is 1.35 bits per heavy atom. The van der Waals surface area contributed by atoms with Gasteiger partial charge in [0.25, 0.3) is 0 Å². The van der Waals surface area contributed by atoms with Crippen LogP contribution in [-0.4, -0.2) is 16.2 Å². The topological polar surface area (TPSA) is 40.7 Å². The maximum Gasteiger partial charge on any atom is 0.148 e. The minimum atomic E-state index is -0.270. The van der Waals surface area contributed by atoms with Crippen LogP contribution in [0.4, 0.5) is 10.2 Å². The summed E-state index contributed by atoms with van der Waals surface area (Å²) in [5, 5.41) is 10.3. The molecule has 90 valence electrons. The first-order valence-corrected chi connectivity index (χ1v) is 6.13. The molecule has 0 saturated carbocycles. The van der Waals surface area contributed by atoms with E-state index in [1.54, 1.807) is 12.1 Å². The number of aromatic amines is 1. The lowest BCUT2D eigenvalue weighted by Gasteiger charge is -2.04. The number of rotatable bonds is 3. The van der Waals surface area contributed by atoms with Crippen LogP contribution in [0.3, 0.4) is 0 Å². The molecule has 0 bridgehead atoms. The van der Waals surface area contributed by atoms with Gasteiger partial charge in [-0.15, -0.1) is 0 Å². The molecule has 17 heavy (non-hydrogen) atoms. The highest BCUT2D eigenvalue weighted by molar-refractivity contribution is 9.10. The molecule has 0 radical (unpaired) electrons. The summed E-state index contributed by atoms with van der Waals surface area (Å²) in [6.07, 6.45) is 0. The molecule has 0 aliphatic rings. The Kier molecular flexibility index (Phi) is 3.47. The van der Waals surface area contributed by atoms with Gasteiger partial charge in [0.1, 0.15) is 11.6 Å². The van der Waals surface area contributed by atoms with Crippen LogP contribution in [0, 0.1) is 5.82 Å². The Labute approximate surface area is 108 Å². The van der Waals surface area contributed by atoms with Crippen molar-refractivity contribution in [3.63, 3.8) is 0 Å². The molecular weight excluding hydrogens is 285 g/mol. The number of halogens is 2. The lowest BCUT2D eigenvalue weighted by Crippen LogP contribution is -2.09. The number of H-pyrrole nitrogens is 1. The lowest BCUT2D eigenvalue weighted by molar-refractivity contribution is 0.621. The average molecular weight is 298 g/mol. The quantitative estimate of drug-likeness (QED) is 0.905. The van der Waals surface area contributed by atoms with Crippen LogP contribution in [-0.2, 0) is 0 Å². The van der Waals surface area contributed by atoms with Gasteiger partial charge in [0.05, 0.1) is 10.2 Å². The van der Waals surface area contributed by atoms with Crippen molar-refractivity contribution in [1.82, 2.24) is 10.2 Å². The number of hydrogen-bond donors (Lipinski definition) is 2. The van der Waals surface area contributed by atoms with Gasteiger partial charge in [-0.3, -0.25) is 5.10 Å². The molecule has 0 aliphatic carbocycles. The molecule has 3 nitrogen and oxygen atoms in total. The molecule has 2 N–H and O–H groups in total. The van der Waals surface area contributed by atoms with Crippen LogP contribution in [0.15, 0.2) is 28.7 Å². The van der Waals surface area contributed by atoms with Gasteiger partial charge in [-0.05, 0) is 48.0 Å². The number of hydrogen-bond acceptors (Lipinski definition) is 2. The molecule has 2 rings (SSSR count). The third-order valence-electron chi connectivity index (χ3n) is 2.25. The number of benzene rings is 1. The van der Waals surface area contributed by atoms with E-state index in [1.165, 1.54) is 6.07 Å². The molecule has 0 amide bonds. The van der Waals surface area contributed by atoms with Crippen molar-refractivity contribution in [2.75, 3.05) is 5.32 Å². The van der Waals surface area contributed by atoms with Gasteiger partial charge in [-0.1, -0.05) is 0 Å². The van der Waals surface area contributed by atoms with Crippen molar-refractivity contribution in [1.29, 1.82) is 0 Å². The van der Waals surface area contributed by atoms with E-state index in [1.807, 2.05) is 19.9 Å². The zero-order valence-corrected chi connectivity index (χ0v) is 11.2. The molecule has 0 aliphatic heterocycles. The van der Waals surface area contributed by atoms with E-state index < -0.39 is 0 Å². The number of aromatic nitrogens is 2. The van der Waals surface area contributed by atoms with Gasteiger partial charge in [-0.2, -0.15) is 5.10 Å². The second kappa shape index (κ2) is 4.87. The smallest absolute Gasteiger partial charge is 0.148 e. The van der Waals surface area contributed by atoms with Crippen molar-refractivity contribution >= 4 is 21.7 Å². The maximum absolute atomic E-state index is 13.1. The highest BCUT2D eigenvalue weighted by atomic mass is 79.9. The Bertz CT molecular complexity index is 522. The highest BCUT2D eigenvalue weighted by Crippen LogP contribution is 2.25. The molecular formula is C12H13BrFN3. The van der Waals surface area contributed by atoms with E-state index in [0.717, 1.165) is 17.1 Å². The van der Waals surface area contributed by atoms with E-state index in [2.05, 4.69) is 31.4 Å². The summed E-state index contributed by atoms with van der Waals surface area (Å²) < 4.78 is 13.6. The predicted molar refractivity (Wildman–Crippen MR) is 70.4 cm³/mol. The first-order valence-electron chi connectivity index (χ1n) is 5.33. The molecule has 0 unspecified atom stereocenters. The fourth-order valence-corrected chi connectivity index (χ4v) is 1.88. The molecule has 5 heteroatoms. The van der Waals surface area contributed by atoms with Crippen LogP contribution in [0.1, 0.15) is 13.8 Å². The normalized spacial score (nSPS) is 10.9. The summed E-state index contributed by atoms with van der Waals surface area (Å²) in [6, 6.07) is 7.09. The van der Waals surface area contributed by atoms with Crippen molar-refractivity contribution in [3.8, 4) is 11.3 Å². The Morgan fingerprint density at radius 3 is 2.76 bits per heavy atom. The van der Waals surface area contributed by atoms with Crippen LogP contribution in [0.25, 0.3) is 11.3 Å². The van der Waals surface area contributed by atoms with Gasteiger partial charge in [0.15, 0.2) is 0 Å². The van der Waals surface area contributed by atoms with Gasteiger partial charge in [0, 0.05) is 17.7 Å². The van der Waals surface area contributed by atoms with E-state index >= 15 is 0 Å². The van der Waals surface area contributed by atoms with Gasteiger partial charge < -0.3 is 5.32 Å². The summed E-state index contributed by atoms with van der Waals surface area (Å²) in [4.78, 5) is 0. The molecule has 2 aromatic rings. The van der Waals surface area contributed by atoms with Gasteiger partial charge in [0.2, 0.25) is 0 Å². The Morgan fingerprint density at radius 2 is 2.12 bits per heavy atom. The fourth-order valence-electron chi connectivity index (χ4n) is 1.50. The molecule has 0 spiro atoms. The second-order valence-electron chi connectivity index (χ2n) is 4.09. The lowest BCUT2D eigenvalue weighted by atomic mass is 10.1. The van der Waals surface area contributed by atoms with Crippen LogP contribution in [0.5, 0.6) is 0 Å². The summed E-state index contributed by atoms with van der Waals surface area (Å²) in [5.74, 6) is 0.518. The molecule has 0 saturated heterocycles. The Balaban J connectivity index is 2.27. The standard InChI is InChI=1S/C12H13BrFN3/c1-7(2)15-12-6-11(16-17-12)8-3-4-10(14)9(13)5-8/h3-7H,1-2H3,(H2,15,16,17). The van der Waals surface area contributed by atoms with Crippen molar-refractivity contribution in [2.24, 2.45) is 0 Å². The maximum atomic E-state index is 13.1. The van der Waals surface area contributed by atoms with E-state index in [-0.39, 0.29) is 5.82 Å². The largest absolute Gasteiger partial charge is 0.366 e. The third-order valence-corrected chi connectivity index (χ3v) is 2.85. The first kappa shape index (κ1) is 12.1. The molecule has 0 atom stereocenters. The van der Waals surface area contributed by atoms with Crippen molar-refractivity contribution in [2.45, 2.75) is 19.9 Å². The molecule has 1 aromatic carbocycles. The zero-order chi connectivity index (χ0) is 12.4. The zero-order valence-electron chi connectivity index (χ0n) is 9.59. The first-order chi connectivity index (χ1) is 8.06. The molecule has 1 heterocycles. The minimum Gasteiger partial charge on any atom is -0.366 e. The van der Waals surface area contributed by atoms with Gasteiger partial charge >= 0.3 is 0 Å². The number of nitrogens with one attached hydrogen (secondary N) is 2. The van der Waals surface area contributed by atoms with Crippen LogP contribution in [0.2, 0.25) is 0 Å². The minimum absolute atomic E-state index is 0.270. The summed E-state index contributed by atoms with van der Waals surface area (Å²) in [6.45, 7) is 4.09. The van der Waals surface area contributed by atoms with Crippen molar-refractivity contribution < 1.29 is 4.39 Å². The molecule has 0 fully saturated rings. The van der Waals surface area contributed by atoms with E-state index in [9.17, 15) is 4.39 Å². The molecule has 1 aromatic heterocycles. The van der Waals surface area contributed by atoms with Crippen LogP contribution < -0.4 is 5.32 Å². The summed E-state index contributed by atoms with van der Waals surface area (Å²) in [5.41, 5.74) is 1.75. The van der Waals surface area contributed by atoms with E-state index in [0.29, 0.717) is 10.5 Å². The van der Waals surface area contributed by atoms with E-state index in [4.69, 9.17) is 0 Å². The monoisotopic (exact) mass is 297 g/mol. The Hall–Kier alpha value is -1.36. The summed E-state index contributed by atoms with van der Waals surface area (Å²) >= 11 is 3.17. The fraction of sp³-hybridized carbons (Fsp3) is 0.250. The predicted octanol–water partition coefficient (Wildman–Crippen LogP) is 3.80. The third kappa shape index (κ3) is 2.85. The second-order valence-corrected chi connectivity index (χ2v) is 4.95. The number of nitrogens with zero attached hydrogens (tertiary/aromatic N) is 1.